The van der Waals surface area contributed by atoms with Crippen LogP contribution in [0.1, 0.15) is 35.6 Å². The highest BCUT2D eigenvalue weighted by molar-refractivity contribution is 7.17. The summed E-state index contributed by atoms with van der Waals surface area (Å²) in [6, 6.07) is 15.7. The van der Waals surface area contributed by atoms with Gasteiger partial charge in [-0.2, -0.15) is 0 Å². The minimum Gasteiger partial charge on any atom is -0.461 e. The number of benzene rings is 2. The summed E-state index contributed by atoms with van der Waals surface area (Å²) in [7, 11) is 0. The number of para-hydroxylation sites is 3. The molecule has 0 bridgehead atoms. The lowest BCUT2D eigenvalue weighted by atomic mass is 10.2. The number of esters is 1. The highest BCUT2D eigenvalue weighted by Crippen LogP contribution is 2.29. The fourth-order valence-corrected chi connectivity index (χ4v) is 4.83. The molecule has 0 unspecified atom stereocenters. The second-order valence-electron chi connectivity index (χ2n) is 8.78. The van der Waals surface area contributed by atoms with Crippen molar-refractivity contribution in [2.45, 2.75) is 33.7 Å². The van der Waals surface area contributed by atoms with E-state index in [1.54, 1.807) is 6.92 Å². The predicted octanol–water partition coefficient (Wildman–Crippen LogP) is 5.34. The van der Waals surface area contributed by atoms with E-state index in [0.717, 1.165) is 44.4 Å². The summed E-state index contributed by atoms with van der Waals surface area (Å²) in [5.74, 6) is -0.360. The van der Waals surface area contributed by atoms with Gasteiger partial charge in [-0.25, -0.2) is 19.7 Å². The summed E-state index contributed by atoms with van der Waals surface area (Å²) in [5, 5.41) is 4.21. The van der Waals surface area contributed by atoms with E-state index in [0.29, 0.717) is 28.9 Å². The number of thiazole rings is 1. The van der Waals surface area contributed by atoms with E-state index >= 15 is 0 Å². The molecule has 0 atom stereocenters. The number of aryl methyl sites for hydroxylation is 2. The number of nitrogens with one attached hydrogen (secondary N) is 1. The molecule has 2 aromatic carbocycles. The molecule has 178 valence electrons. The molecule has 0 aliphatic rings. The number of carbonyl (C=O) groups is 2. The second-order valence-corrected chi connectivity index (χ2v) is 9.78. The van der Waals surface area contributed by atoms with Crippen LogP contribution in [-0.2, 0) is 16.1 Å². The van der Waals surface area contributed by atoms with E-state index in [1.807, 2.05) is 66.9 Å². The number of amides is 1. The maximum Gasteiger partial charge on any atom is 0.350 e. The van der Waals surface area contributed by atoms with Gasteiger partial charge in [-0.1, -0.05) is 55.5 Å². The van der Waals surface area contributed by atoms with Crippen molar-refractivity contribution in [1.29, 1.82) is 0 Å². The Kier molecular flexibility index (Phi) is 6.17. The fourth-order valence-electron chi connectivity index (χ4n) is 3.95. The number of rotatable bonds is 7. The van der Waals surface area contributed by atoms with Crippen LogP contribution in [-0.4, -0.2) is 38.0 Å². The zero-order chi connectivity index (χ0) is 24.5. The molecule has 0 saturated carbocycles. The SMILES string of the molecule is Cc1nc(NC(=O)CCn2c3ccccc3c3nc4ccccc4nc32)sc1C(=O)OCC(C)C. The Hall–Kier alpha value is -3.85. The molecular weight excluding hydrogens is 462 g/mol. The maximum absolute atomic E-state index is 12.8. The van der Waals surface area contributed by atoms with Gasteiger partial charge in [-0.05, 0) is 31.0 Å². The summed E-state index contributed by atoms with van der Waals surface area (Å²) < 4.78 is 7.33. The first-order chi connectivity index (χ1) is 16.9. The van der Waals surface area contributed by atoms with Crippen LogP contribution in [0.15, 0.2) is 48.5 Å². The highest BCUT2D eigenvalue weighted by Gasteiger charge is 2.19. The Morgan fingerprint density at radius 3 is 2.51 bits per heavy atom. The van der Waals surface area contributed by atoms with E-state index in [4.69, 9.17) is 14.7 Å². The number of carbonyl (C=O) groups excluding carboxylic acids is 2. The van der Waals surface area contributed by atoms with Crippen molar-refractivity contribution in [3.8, 4) is 0 Å². The summed E-state index contributed by atoms with van der Waals surface area (Å²) in [6.07, 6.45) is 0.216. The molecule has 0 fully saturated rings. The standard InChI is InChI=1S/C26H25N5O3S/c1-15(2)14-34-25(33)23-16(3)27-26(35-23)30-21(32)12-13-31-20-11-7-4-8-17(20)22-24(31)29-19-10-6-5-9-18(19)28-22/h4-11,15H,12-14H2,1-3H3,(H,27,30,32). The minimum absolute atomic E-state index is 0.194. The van der Waals surface area contributed by atoms with Crippen molar-refractivity contribution in [3.05, 3.63) is 59.1 Å². The van der Waals surface area contributed by atoms with Gasteiger partial charge in [0.2, 0.25) is 5.91 Å². The molecule has 3 aromatic heterocycles. The summed E-state index contributed by atoms with van der Waals surface area (Å²) in [4.78, 5) is 39.5. The number of nitrogens with zero attached hydrogens (tertiary/aromatic N) is 4. The molecule has 1 N–H and O–H groups in total. The Bertz CT molecular complexity index is 1570. The number of anilines is 1. The minimum atomic E-state index is -0.412. The number of hydrogen-bond acceptors (Lipinski definition) is 7. The molecule has 5 rings (SSSR count). The summed E-state index contributed by atoms with van der Waals surface area (Å²) in [6.45, 7) is 6.46. The topological polar surface area (TPSA) is 99.0 Å². The van der Waals surface area contributed by atoms with Crippen LogP contribution in [0.2, 0.25) is 0 Å². The maximum atomic E-state index is 12.8. The first kappa shape index (κ1) is 22.9. The van der Waals surface area contributed by atoms with E-state index in [-0.39, 0.29) is 18.2 Å². The van der Waals surface area contributed by atoms with Crippen molar-refractivity contribution in [3.63, 3.8) is 0 Å². The van der Waals surface area contributed by atoms with Gasteiger partial charge in [-0.3, -0.25) is 4.79 Å². The molecule has 9 heteroatoms. The average molecular weight is 488 g/mol. The monoisotopic (exact) mass is 487 g/mol. The Morgan fingerprint density at radius 2 is 1.74 bits per heavy atom. The Morgan fingerprint density at radius 1 is 1.03 bits per heavy atom. The van der Waals surface area contributed by atoms with Crippen LogP contribution in [0.25, 0.3) is 33.1 Å². The molecule has 35 heavy (non-hydrogen) atoms. The van der Waals surface area contributed by atoms with Crippen LogP contribution >= 0.6 is 11.3 Å². The molecule has 0 spiro atoms. The first-order valence-corrected chi connectivity index (χ1v) is 12.3. The van der Waals surface area contributed by atoms with Gasteiger partial charge in [0.15, 0.2) is 10.8 Å². The van der Waals surface area contributed by atoms with E-state index in [2.05, 4.69) is 10.3 Å². The van der Waals surface area contributed by atoms with Crippen LogP contribution in [0, 0.1) is 12.8 Å². The lowest BCUT2D eigenvalue weighted by Crippen LogP contribution is -2.14. The quantitative estimate of drug-likeness (QED) is 0.311. The van der Waals surface area contributed by atoms with E-state index in [1.165, 1.54) is 0 Å². The molecule has 0 saturated heterocycles. The summed E-state index contributed by atoms with van der Waals surface area (Å²) >= 11 is 1.13. The zero-order valence-corrected chi connectivity index (χ0v) is 20.6. The largest absolute Gasteiger partial charge is 0.461 e. The lowest BCUT2D eigenvalue weighted by molar-refractivity contribution is -0.116. The predicted molar refractivity (Wildman–Crippen MR) is 138 cm³/mol. The average Bonchev–Trinajstić information content (AvgIpc) is 3.36. The molecule has 3 heterocycles. The lowest BCUT2D eigenvalue weighted by Gasteiger charge is -2.07. The number of fused-ring (bicyclic) bond motifs is 4. The van der Waals surface area contributed by atoms with Gasteiger partial charge in [0.05, 0.1) is 28.9 Å². The van der Waals surface area contributed by atoms with Crippen molar-refractivity contribution < 1.29 is 14.3 Å². The van der Waals surface area contributed by atoms with Gasteiger partial charge in [0, 0.05) is 18.4 Å². The zero-order valence-electron chi connectivity index (χ0n) is 19.7. The molecule has 0 radical (unpaired) electrons. The third-order valence-electron chi connectivity index (χ3n) is 5.60. The normalized spacial score (nSPS) is 11.5. The van der Waals surface area contributed by atoms with Gasteiger partial charge in [0.25, 0.3) is 0 Å². The van der Waals surface area contributed by atoms with E-state index < -0.39 is 5.97 Å². The first-order valence-electron chi connectivity index (χ1n) is 11.5. The van der Waals surface area contributed by atoms with Crippen LogP contribution < -0.4 is 5.32 Å². The van der Waals surface area contributed by atoms with Gasteiger partial charge in [0.1, 0.15) is 10.4 Å². The van der Waals surface area contributed by atoms with Crippen molar-refractivity contribution in [2.24, 2.45) is 5.92 Å². The van der Waals surface area contributed by atoms with E-state index in [9.17, 15) is 9.59 Å². The van der Waals surface area contributed by atoms with Gasteiger partial charge >= 0.3 is 5.97 Å². The third-order valence-corrected chi connectivity index (χ3v) is 6.65. The molecule has 1 amide bonds. The number of ether oxygens (including phenoxy) is 1. The van der Waals surface area contributed by atoms with Crippen molar-refractivity contribution in [1.82, 2.24) is 19.5 Å². The van der Waals surface area contributed by atoms with Gasteiger partial charge < -0.3 is 14.6 Å². The van der Waals surface area contributed by atoms with Crippen molar-refractivity contribution >= 4 is 61.4 Å². The Balaban J connectivity index is 1.36. The molecule has 0 aliphatic carbocycles. The molecular formula is C26H25N5O3S. The highest BCUT2D eigenvalue weighted by atomic mass is 32.1. The van der Waals surface area contributed by atoms with Crippen LogP contribution in [0.4, 0.5) is 5.13 Å². The van der Waals surface area contributed by atoms with Crippen LogP contribution in [0.5, 0.6) is 0 Å². The number of aromatic nitrogens is 4. The summed E-state index contributed by atoms with van der Waals surface area (Å²) in [5.41, 5.74) is 4.73. The van der Waals surface area contributed by atoms with Gasteiger partial charge in [-0.15, -0.1) is 0 Å². The molecule has 8 nitrogen and oxygen atoms in total. The number of hydrogen-bond donors (Lipinski definition) is 1. The smallest absolute Gasteiger partial charge is 0.350 e. The third kappa shape index (κ3) is 4.59. The fraction of sp³-hybridized carbons (Fsp3) is 0.269. The Labute approximate surface area is 206 Å². The molecule has 5 aromatic rings. The molecule has 0 aliphatic heterocycles. The van der Waals surface area contributed by atoms with Crippen molar-refractivity contribution in [2.75, 3.05) is 11.9 Å². The van der Waals surface area contributed by atoms with Crippen LogP contribution in [0.3, 0.4) is 0 Å². The second kappa shape index (κ2) is 9.42.